The number of likely N-dealkylation sites (tertiary alicyclic amines) is 1. The molecule has 1 heterocycles. The highest BCUT2D eigenvalue weighted by atomic mass is 16.4. The van der Waals surface area contributed by atoms with E-state index in [9.17, 15) is 9.59 Å². The van der Waals surface area contributed by atoms with Crippen LogP contribution in [0.1, 0.15) is 33.1 Å². The van der Waals surface area contributed by atoms with Crippen molar-refractivity contribution in [1.29, 1.82) is 0 Å². The maximum Gasteiger partial charge on any atom is 0.326 e. The van der Waals surface area contributed by atoms with Gasteiger partial charge in [0.05, 0.1) is 6.04 Å². The SMILES string of the molecule is CC[C@H](N)C(=O)N1CCCC(C)C1C(=O)O. The van der Waals surface area contributed by atoms with E-state index in [2.05, 4.69) is 0 Å². The highest BCUT2D eigenvalue weighted by Gasteiger charge is 2.38. The number of carboxylic acid groups (broad SMARTS) is 1. The van der Waals surface area contributed by atoms with Crippen LogP contribution in [0.25, 0.3) is 0 Å². The molecule has 92 valence electrons. The van der Waals surface area contributed by atoms with E-state index in [4.69, 9.17) is 10.8 Å². The monoisotopic (exact) mass is 228 g/mol. The Bertz CT molecular complexity index is 280. The highest BCUT2D eigenvalue weighted by Crippen LogP contribution is 2.24. The van der Waals surface area contributed by atoms with Gasteiger partial charge in [0.2, 0.25) is 5.91 Å². The van der Waals surface area contributed by atoms with E-state index in [1.54, 1.807) is 0 Å². The zero-order chi connectivity index (χ0) is 12.3. The molecule has 0 radical (unpaired) electrons. The maximum absolute atomic E-state index is 11.9. The van der Waals surface area contributed by atoms with Gasteiger partial charge in [-0.15, -0.1) is 0 Å². The van der Waals surface area contributed by atoms with Crippen LogP contribution in [0.4, 0.5) is 0 Å². The summed E-state index contributed by atoms with van der Waals surface area (Å²) in [7, 11) is 0. The number of nitrogens with two attached hydrogens (primary N) is 1. The Morgan fingerprint density at radius 3 is 2.69 bits per heavy atom. The molecule has 1 rings (SSSR count). The Hall–Kier alpha value is -1.10. The molecule has 0 aromatic rings. The lowest BCUT2D eigenvalue weighted by molar-refractivity contribution is -0.155. The topological polar surface area (TPSA) is 83.6 Å². The van der Waals surface area contributed by atoms with Gasteiger partial charge in [0.15, 0.2) is 0 Å². The molecule has 1 saturated heterocycles. The van der Waals surface area contributed by atoms with E-state index in [-0.39, 0.29) is 11.8 Å². The van der Waals surface area contributed by atoms with E-state index >= 15 is 0 Å². The number of nitrogens with zero attached hydrogens (tertiary/aromatic N) is 1. The third-order valence-electron chi connectivity index (χ3n) is 3.23. The second kappa shape index (κ2) is 5.30. The summed E-state index contributed by atoms with van der Waals surface area (Å²) < 4.78 is 0. The van der Waals surface area contributed by atoms with E-state index in [1.165, 1.54) is 4.90 Å². The summed E-state index contributed by atoms with van der Waals surface area (Å²) in [6, 6.07) is -1.29. The fourth-order valence-corrected chi connectivity index (χ4v) is 2.20. The molecule has 0 aromatic heterocycles. The van der Waals surface area contributed by atoms with Crippen LogP contribution >= 0.6 is 0 Å². The number of rotatable bonds is 3. The molecule has 3 N–H and O–H groups in total. The van der Waals surface area contributed by atoms with Crippen molar-refractivity contribution >= 4 is 11.9 Å². The molecule has 1 fully saturated rings. The first-order valence-corrected chi connectivity index (χ1v) is 5.77. The Kier molecular flexibility index (Phi) is 4.29. The Morgan fingerprint density at radius 2 is 2.19 bits per heavy atom. The average Bonchev–Trinajstić information content (AvgIpc) is 2.26. The molecule has 16 heavy (non-hydrogen) atoms. The van der Waals surface area contributed by atoms with Gasteiger partial charge in [-0.2, -0.15) is 0 Å². The van der Waals surface area contributed by atoms with Crippen molar-refractivity contribution in [2.45, 2.75) is 45.2 Å². The summed E-state index contributed by atoms with van der Waals surface area (Å²) in [5.74, 6) is -1.16. The van der Waals surface area contributed by atoms with Crippen LogP contribution in [0.3, 0.4) is 0 Å². The normalized spacial score (nSPS) is 27.6. The van der Waals surface area contributed by atoms with E-state index in [1.807, 2.05) is 13.8 Å². The van der Waals surface area contributed by atoms with Crippen molar-refractivity contribution in [1.82, 2.24) is 4.90 Å². The zero-order valence-corrected chi connectivity index (χ0v) is 9.85. The first kappa shape index (κ1) is 13.0. The van der Waals surface area contributed by atoms with Gasteiger partial charge >= 0.3 is 5.97 Å². The van der Waals surface area contributed by atoms with Crippen LogP contribution in [0.15, 0.2) is 0 Å². The molecule has 0 bridgehead atoms. The summed E-state index contributed by atoms with van der Waals surface area (Å²) in [5.41, 5.74) is 5.67. The van der Waals surface area contributed by atoms with Crippen LogP contribution in [0, 0.1) is 5.92 Å². The number of carboxylic acids is 1. The van der Waals surface area contributed by atoms with Crippen LogP contribution in [0.2, 0.25) is 0 Å². The Morgan fingerprint density at radius 1 is 1.56 bits per heavy atom. The molecular formula is C11H20N2O3. The van der Waals surface area contributed by atoms with Gasteiger partial charge in [-0.1, -0.05) is 13.8 Å². The molecule has 5 heteroatoms. The van der Waals surface area contributed by atoms with Gasteiger partial charge < -0.3 is 15.7 Å². The number of aliphatic carboxylic acids is 1. The minimum Gasteiger partial charge on any atom is -0.480 e. The quantitative estimate of drug-likeness (QED) is 0.734. The van der Waals surface area contributed by atoms with E-state index in [0.717, 1.165) is 12.8 Å². The van der Waals surface area contributed by atoms with Gasteiger partial charge in [0, 0.05) is 6.54 Å². The summed E-state index contributed by atoms with van der Waals surface area (Å²) in [5, 5.41) is 9.15. The average molecular weight is 228 g/mol. The predicted molar refractivity (Wildman–Crippen MR) is 59.8 cm³/mol. The Balaban J connectivity index is 2.83. The van der Waals surface area contributed by atoms with E-state index in [0.29, 0.717) is 13.0 Å². The number of piperidine rings is 1. The van der Waals surface area contributed by atoms with Gasteiger partial charge in [0.1, 0.15) is 6.04 Å². The molecule has 0 aromatic carbocycles. The molecule has 1 aliphatic heterocycles. The molecule has 2 unspecified atom stereocenters. The van der Waals surface area contributed by atoms with Crippen molar-refractivity contribution in [2.24, 2.45) is 11.7 Å². The first-order chi connectivity index (χ1) is 7.49. The van der Waals surface area contributed by atoms with Crippen molar-refractivity contribution in [3.8, 4) is 0 Å². The molecule has 1 amide bonds. The lowest BCUT2D eigenvalue weighted by Gasteiger charge is -2.38. The van der Waals surface area contributed by atoms with Crippen LogP contribution in [-0.4, -0.2) is 40.5 Å². The molecule has 0 saturated carbocycles. The van der Waals surface area contributed by atoms with Crippen molar-refractivity contribution in [3.05, 3.63) is 0 Å². The largest absolute Gasteiger partial charge is 0.480 e. The minimum absolute atomic E-state index is 0.000689. The van der Waals surface area contributed by atoms with Gasteiger partial charge in [0.25, 0.3) is 0 Å². The van der Waals surface area contributed by atoms with Crippen LogP contribution in [-0.2, 0) is 9.59 Å². The summed E-state index contributed by atoms with van der Waals surface area (Å²) in [6.07, 6.45) is 2.24. The fraction of sp³-hybridized carbons (Fsp3) is 0.818. The number of carbonyl (C=O) groups excluding carboxylic acids is 1. The lowest BCUT2D eigenvalue weighted by atomic mass is 9.90. The van der Waals surface area contributed by atoms with Crippen molar-refractivity contribution in [2.75, 3.05) is 6.54 Å². The summed E-state index contributed by atoms with van der Waals surface area (Å²) >= 11 is 0. The molecule has 5 nitrogen and oxygen atoms in total. The van der Waals surface area contributed by atoms with Crippen molar-refractivity contribution in [3.63, 3.8) is 0 Å². The van der Waals surface area contributed by atoms with Gasteiger partial charge in [-0.25, -0.2) is 4.79 Å². The smallest absolute Gasteiger partial charge is 0.326 e. The minimum atomic E-state index is -0.927. The molecular weight excluding hydrogens is 208 g/mol. The predicted octanol–water partition coefficient (Wildman–Crippen LogP) is 0.435. The summed E-state index contributed by atoms with van der Waals surface area (Å²) in [6.45, 7) is 4.20. The molecule has 0 aliphatic carbocycles. The van der Waals surface area contributed by atoms with Gasteiger partial charge in [-0.3, -0.25) is 4.79 Å². The number of hydrogen-bond acceptors (Lipinski definition) is 3. The van der Waals surface area contributed by atoms with Crippen LogP contribution in [0.5, 0.6) is 0 Å². The molecule has 3 atom stereocenters. The van der Waals surface area contributed by atoms with Crippen molar-refractivity contribution < 1.29 is 14.7 Å². The molecule has 1 aliphatic rings. The zero-order valence-electron chi connectivity index (χ0n) is 9.85. The second-order valence-corrected chi connectivity index (χ2v) is 4.45. The lowest BCUT2D eigenvalue weighted by Crippen LogP contribution is -2.56. The third kappa shape index (κ3) is 2.52. The Labute approximate surface area is 95.6 Å². The first-order valence-electron chi connectivity index (χ1n) is 5.77. The fourth-order valence-electron chi connectivity index (χ4n) is 2.20. The van der Waals surface area contributed by atoms with Crippen LogP contribution < -0.4 is 5.73 Å². The highest BCUT2D eigenvalue weighted by molar-refractivity contribution is 5.87. The third-order valence-corrected chi connectivity index (χ3v) is 3.23. The van der Waals surface area contributed by atoms with Gasteiger partial charge in [-0.05, 0) is 25.2 Å². The number of carbonyl (C=O) groups is 2. The standard InChI is InChI=1S/C11H20N2O3/c1-3-8(12)10(14)13-6-4-5-7(2)9(13)11(15)16/h7-9H,3-6,12H2,1-2H3,(H,15,16)/t7?,8-,9?/m0/s1. The maximum atomic E-state index is 11.9. The number of hydrogen-bond donors (Lipinski definition) is 2. The number of amides is 1. The molecule has 0 spiro atoms. The second-order valence-electron chi connectivity index (χ2n) is 4.45. The summed E-state index contributed by atoms with van der Waals surface area (Å²) in [4.78, 5) is 24.5. The van der Waals surface area contributed by atoms with E-state index < -0.39 is 18.1 Å².